The van der Waals surface area contributed by atoms with Crippen molar-refractivity contribution in [1.82, 2.24) is 10.2 Å². The molecular formula is C15H22FN3O. The summed E-state index contributed by atoms with van der Waals surface area (Å²) in [7, 11) is 1.87. The zero-order valence-electron chi connectivity index (χ0n) is 12.3. The van der Waals surface area contributed by atoms with E-state index in [9.17, 15) is 9.18 Å². The van der Waals surface area contributed by atoms with Crippen LogP contribution < -0.4 is 10.2 Å². The van der Waals surface area contributed by atoms with Crippen LogP contribution in [0.25, 0.3) is 0 Å². The Kier molecular flexibility index (Phi) is 4.60. The van der Waals surface area contributed by atoms with Crippen molar-refractivity contribution in [2.45, 2.75) is 19.9 Å². The number of benzene rings is 1. The largest absolute Gasteiger partial charge is 0.368 e. The topological polar surface area (TPSA) is 35.6 Å². The van der Waals surface area contributed by atoms with E-state index in [1.807, 2.05) is 24.9 Å². The lowest BCUT2D eigenvalue weighted by molar-refractivity contribution is -0.129. The molecule has 0 bridgehead atoms. The molecule has 1 aromatic rings. The smallest absolute Gasteiger partial charge is 0.219 e. The van der Waals surface area contributed by atoms with Crippen LogP contribution in [0.1, 0.15) is 25.5 Å². The molecule has 110 valence electrons. The van der Waals surface area contributed by atoms with Gasteiger partial charge in [0.2, 0.25) is 5.91 Å². The number of carbonyl (C=O) groups is 1. The Morgan fingerprint density at radius 2 is 1.95 bits per heavy atom. The first kappa shape index (κ1) is 14.8. The van der Waals surface area contributed by atoms with Gasteiger partial charge in [0.25, 0.3) is 0 Å². The fourth-order valence-electron chi connectivity index (χ4n) is 2.58. The SMILES string of the molecule is CNC(C)c1cc(F)ccc1N1CCN(C(C)=O)CC1. The van der Waals surface area contributed by atoms with Gasteiger partial charge in [-0.3, -0.25) is 4.79 Å². The zero-order chi connectivity index (χ0) is 14.7. The summed E-state index contributed by atoms with van der Waals surface area (Å²) in [6.07, 6.45) is 0. The first-order valence-corrected chi connectivity index (χ1v) is 7.00. The molecule has 1 saturated heterocycles. The van der Waals surface area contributed by atoms with Crippen LogP contribution in [0.3, 0.4) is 0 Å². The molecular weight excluding hydrogens is 257 g/mol. The Bertz CT molecular complexity index is 484. The summed E-state index contributed by atoms with van der Waals surface area (Å²) in [5, 5.41) is 3.16. The predicted molar refractivity (Wildman–Crippen MR) is 78.3 cm³/mol. The molecule has 0 radical (unpaired) electrons. The maximum atomic E-state index is 13.5. The fraction of sp³-hybridized carbons (Fsp3) is 0.533. The number of nitrogens with one attached hydrogen (secondary N) is 1. The molecule has 1 fully saturated rings. The summed E-state index contributed by atoms with van der Waals surface area (Å²) in [6, 6.07) is 5.01. The van der Waals surface area contributed by atoms with Gasteiger partial charge in [-0.05, 0) is 37.7 Å². The standard InChI is InChI=1S/C15H22FN3O/c1-11(17-3)14-10-13(16)4-5-15(14)19-8-6-18(7-9-19)12(2)20/h4-5,10-11,17H,6-9H2,1-3H3. The maximum absolute atomic E-state index is 13.5. The van der Waals surface area contributed by atoms with Crippen molar-refractivity contribution in [2.24, 2.45) is 0 Å². The van der Waals surface area contributed by atoms with Gasteiger partial charge >= 0.3 is 0 Å². The first-order chi connectivity index (χ1) is 9.52. The molecule has 1 aromatic carbocycles. The van der Waals surface area contributed by atoms with Gasteiger partial charge < -0.3 is 15.1 Å². The minimum absolute atomic E-state index is 0.0894. The number of amides is 1. The van der Waals surface area contributed by atoms with Crippen molar-refractivity contribution in [3.05, 3.63) is 29.6 Å². The highest BCUT2D eigenvalue weighted by atomic mass is 19.1. The summed E-state index contributed by atoms with van der Waals surface area (Å²) in [4.78, 5) is 15.4. The molecule has 0 aromatic heterocycles. The Balaban J connectivity index is 2.19. The second-order valence-corrected chi connectivity index (χ2v) is 5.21. The lowest BCUT2D eigenvalue weighted by Gasteiger charge is -2.37. The molecule has 0 aliphatic carbocycles. The van der Waals surface area contributed by atoms with Gasteiger partial charge in [-0.15, -0.1) is 0 Å². The second kappa shape index (κ2) is 6.22. The summed E-state index contributed by atoms with van der Waals surface area (Å²) in [5.41, 5.74) is 2.01. The van der Waals surface area contributed by atoms with Gasteiger partial charge in [0.15, 0.2) is 0 Å². The third-order valence-electron chi connectivity index (χ3n) is 3.95. The van der Waals surface area contributed by atoms with E-state index < -0.39 is 0 Å². The highest BCUT2D eigenvalue weighted by Gasteiger charge is 2.22. The van der Waals surface area contributed by atoms with E-state index in [1.165, 1.54) is 6.07 Å². The number of halogens is 1. The maximum Gasteiger partial charge on any atom is 0.219 e. The van der Waals surface area contributed by atoms with Crippen molar-refractivity contribution < 1.29 is 9.18 Å². The van der Waals surface area contributed by atoms with E-state index in [0.29, 0.717) is 0 Å². The van der Waals surface area contributed by atoms with Crippen LogP contribution in [-0.4, -0.2) is 44.0 Å². The minimum Gasteiger partial charge on any atom is -0.368 e. The zero-order valence-corrected chi connectivity index (χ0v) is 12.3. The third-order valence-corrected chi connectivity index (χ3v) is 3.95. The first-order valence-electron chi connectivity index (χ1n) is 7.00. The third kappa shape index (κ3) is 3.10. The van der Waals surface area contributed by atoms with E-state index in [1.54, 1.807) is 13.0 Å². The number of rotatable bonds is 3. The van der Waals surface area contributed by atoms with E-state index in [-0.39, 0.29) is 17.8 Å². The van der Waals surface area contributed by atoms with E-state index in [4.69, 9.17) is 0 Å². The molecule has 1 N–H and O–H groups in total. The number of piperazine rings is 1. The van der Waals surface area contributed by atoms with Gasteiger partial charge in [-0.25, -0.2) is 4.39 Å². The minimum atomic E-state index is -0.215. The summed E-state index contributed by atoms with van der Waals surface area (Å²) < 4.78 is 13.5. The van der Waals surface area contributed by atoms with Crippen molar-refractivity contribution in [2.75, 3.05) is 38.1 Å². The molecule has 4 nitrogen and oxygen atoms in total. The molecule has 1 amide bonds. The normalized spacial score (nSPS) is 17.2. The van der Waals surface area contributed by atoms with Crippen LogP contribution >= 0.6 is 0 Å². The van der Waals surface area contributed by atoms with Crippen LogP contribution in [0, 0.1) is 5.82 Å². The van der Waals surface area contributed by atoms with Crippen LogP contribution in [0.5, 0.6) is 0 Å². The van der Waals surface area contributed by atoms with Gasteiger partial charge in [-0.1, -0.05) is 0 Å². The molecule has 2 rings (SSSR count). The highest BCUT2D eigenvalue weighted by Crippen LogP contribution is 2.28. The number of hydrogen-bond donors (Lipinski definition) is 1. The molecule has 0 spiro atoms. The predicted octanol–water partition coefficient (Wildman–Crippen LogP) is 1.77. The van der Waals surface area contributed by atoms with Gasteiger partial charge in [0.1, 0.15) is 5.82 Å². The van der Waals surface area contributed by atoms with Gasteiger partial charge in [0, 0.05) is 44.8 Å². The lowest BCUT2D eigenvalue weighted by atomic mass is 10.0. The van der Waals surface area contributed by atoms with Crippen molar-refractivity contribution in [3.8, 4) is 0 Å². The van der Waals surface area contributed by atoms with E-state index in [0.717, 1.165) is 37.4 Å². The van der Waals surface area contributed by atoms with Crippen LogP contribution in [0.4, 0.5) is 10.1 Å². The molecule has 1 heterocycles. The number of anilines is 1. The molecule has 1 unspecified atom stereocenters. The summed E-state index contributed by atoms with van der Waals surface area (Å²) >= 11 is 0. The second-order valence-electron chi connectivity index (χ2n) is 5.21. The van der Waals surface area contributed by atoms with E-state index in [2.05, 4.69) is 10.2 Å². The molecule has 1 aliphatic heterocycles. The lowest BCUT2D eigenvalue weighted by Crippen LogP contribution is -2.48. The molecule has 1 aliphatic rings. The van der Waals surface area contributed by atoms with Crippen molar-refractivity contribution in [3.63, 3.8) is 0 Å². The average molecular weight is 279 g/mol. The Hall–Kier alpha value is -1.62. The van der Waals surface area contributed by atoms with Gasteiger partial charge in [-0.2, -0.15) is 0 Å². The van der Waals surface area contributed by atoms with Crippen LogP contribution in [-0.2, 0) is 4.79 Å². The number of hydrogen-bond acceptors (Lipinski definition) is 3. The number of carbonyl (C=O) groups excluding carboxylic acids is 1. The molecule has 20 heavy (non-hydrogen) atoms. The monoisotopic (exact) mass is 279 g/mol. The Labute approximate surface area is 119 Å². The molecule has 1 atom stereocenters. The van der Waals surface area contributed by atoms with Gasteiger partial charge in [0.05, 0.1) is 0 Å². The summed E-state index contributed by atoms with van der Waals surface area (Å²) in [5.74, 6) is -0.0965. The number of nitrogens with zero attached hydrogens (tertiary/aromatic N) is 2. The van der Waals surface area contributed by atoms with Crippen molar-refractivity contribution >= 4 is 11.6 Å². The van der Waals surface area contributed by atoms with E-state index >= 15 is 0 Å². The Morgan fingerprint density at radius 3 is 2.50 bits per heavy atom. The molecule has 5 heteroatoms. The summed E-state index contributed by atoms with van der Waals surface area (Å²) in [6.45, 7) is 6.63. The van der Waals surface area contributed by atoms with Crippen LogP contribution in [0.15, 0.2) is 18.2 Å². The molecule has 0 saturated carbocycles. The van der Waals surface area contributed by atoms with Crippen LogP contribution in [0.2, 0.25) is 0 Å². The van der Waals surface area contributed by atoms with Crippen molar-refractivity contribution in [1.29, 1.82) is 0 Å². The Morgan fingerprint density at radius 1 is 1.30 bits per heavy atom. The highest BCUT2D eigenvalue weighted by molar-refractivity contribution is 5.73. The fourth-order valence-corrected chi connectivity index (χ4v) is 2.58. The average Bonchev–Trinajstić information content (AvgIpc) is 2.46. The quantitative estimate of drug-likeness (QED) is 0.916.